The van der Waals surface area contributed by atoms with Crippen LogP contribution in [0, 0.1) is 24.7 Å². The van der Waals surface area contributed by atoms with Gasteiger partial charge in [-0.3, -0.25) is 0 Å². The van der Waals surface area contributed by atoms with E-state index >= 15 is 0 Å². The fourth-order valence-corrected chi connectivity index (χ4v) is 14.5. The van der Waals surface area contributed by atoms with Crippen LogP contribution in [0.1, 0.15) is 210 Å². The number of rotatable bonds is 8. The summed E-state index contributed by atoms with van der Waals surface area (Å²) in [5, 5.41) is 30.6. The number of nitrogens with zero attached hydrogens (tertiary/aromatic N) is 2. The monoisotopic (exact) mass is 1330 g/mol. The molecule has 0 unspecified atom stereocenters. The molecule has 7 heteroatoms. The molecule has 10 aromatic rings. The number of benzene rings is 8. The van der Waals surface area contributed by atoms with Crippen molar-refractivity contribution in [2.45, 2.75) is 221 Å². The van der Waals surface area contributed by atoms with E-state index in [1.807, 2.05) is 38.1 Å². The molecule has 4 nitrogen and oxygen atoms in total. The van der Waals surface area contributed by atoms with Gasteiger partial charge in [-0.25, -0.2) is 0 Å². The van der Waals surface area contributed by atoms with Gasteiger partial charge in [0, 0.05) is 42.7 Å². The molecule has 0 fully saturated rings. The van der Waals surface area contributed by atoms with E-state index in [0.717, 1.165) is 79.7 Å². The molecule has 0 saturated carbocycles. The van der Waals surface area contributed by atoms with Gasteiger partial charge in [-0.1, -0.05) is 212 Å². The maximum absolute atomic E-state index is 12.2. The van der Waals surface area contributed by atoms with Crippen LogP contribution in [-0.2, 0) is 55.7 Å². The van der Waals surface area contributed by atoms with Gasteiger partial charge in [0.15, 0.2) is 0 Å². The summed E-state index contributed by atoms with van der Waals surface area (Å²) in [6.45, 7) is 54.3. The third kappa shape index (κ3) is 15.8. The van der Waals surface area contributed by atoms with Crippen LogP contribution >= 0.6 is 23.2 Å². The summed E-state index contributed by atoms with van der Waals surface area (Å²) in [4.78, 5) is 0. The zero-order chi connectivity index (χ0) is 67.8. The van der Waals surface area contributed by atoms with Crippen molar-refractivity contribution in [3.8, 4) is 45.1 Å². The van der Waals surface area contributed by atoms with E-state index in [-0.39, 0.29) is 78.1 Å². The van der Waals surface area contributed by atoms with Gasteiger partial charge in [0.25, 0.3) is 0 Å². The van der Waals surface area contributed by atoms with Gasteiger partial charge in [0.05, 0.1) is 33.4 Å². The van der Waals surface area contributed by atoms with Gasteiger partial charge in [-0.05, 0) is 223 Å². The van der Waals surface area contributed by atoms with Gasteiger partial charge in [-0.15, -0.1) is 0 Å². The van der Waals surface area contributed by atoms with E-state index in [2.05, 4.69) is 280 Å². The van der Waals surface area contributed by atoms with Crippen LogP contribution in [0.2, 0.25) is 19.3 Å². The first-order chi connectivity index (χ1) is 41.7. The Balaban J connectivity index is 0.000000225. The molecule has 0 aliphatic heterocycles. The number of fused-ring (bicyclic) bond motifs is 6. The van der Waals surface area contributed by atoms with Gasteiger partial charge in [-0.2, -0.15) is 0 Å². The number of phenolic OH excluding ortho intramolecular Hbond substituents is 2. The summed E-state index contributed by atoms with van der Waals surface area (Å²) in [6, 6.07) is 48.2. The van der Waals surface area contributed by atoms with Crippen molar-refractivity contribution in [3.05, 3.63) is 188 Å². The molecule has 0 spiro atoms. The van der Waals surface area contributed by atoms with Crippen molar-refractivity contribution < 1.29 is 33.4 Å². The van der Waals surface area contributed by atoms with Crippen molar-refractivity contribution >= 4 is 66.8 Å². The minimum atomic E-state index is -0.138. The molecule has 482 valence electrons. The van der Waals surface area contributed by atoms with E-state index in [1.54, 1.807) is 0 Å². The Morgan fingerprint density at radius 2 is 0.593 bits per heavy atom. The summed E-state index contributed by atoms with van der Waals surface area (Å²) < 4.78 is 9.14. The predicted molar refractivity (Wildman–Crippen MR) is 396 cm³/mol. The van der Waals surface area contributed by atoms with Gasteiger partial charge < -0.3 is 19.3 Å². The minimum absolute atomic E-state index is 0.0148. The molecule has 0 bridgehead atoms. The SMILES string of the molecule is Cc1cc(Cl)cc(-c2cc(C(C)(C)CC(C)(C)C)cc(-n3c4ccc(C(C)(C)C)cc4c4cc(C(C)(C)C)ccc43)c2O)c1.Cc1cc(Cl)cc(-c2cc(C(C)(C)CC(C)(C)C)cc(-n3c4ccc(C(C)(C)C)cc4c4cc(C(C)(C)C)ccc43)c2O)c1.[CH3][Zr][CH3]. The second kappa shape index (κ2) is 25.6. The molecule has 91 heavy (non-hydrogen) atoms. The molecule has 10 rings (SSSR count). The van der Waals surface area contributed by atoms with Gasteiger partial charge in [0.1, 0.15) is 11.5 Å². The zero-order valence-electron chi connectivity index (χ0n) is 60.2. The topological polar surface area (TPSA) is 50.3 Å². The average Bonchev–Trinajstić information content (AvgIpc) is 1.62. The zero-order valence-corrected chi connectivity index (χ0v) is 64.1. The summed E-state index contributed by atoms with van der Waals surface area (Å²) in [6.07, 6.45) is 1.99. The van der Waals surface area contributed by atoms with Crippen molar-refractivity contribution in [1.29, 1.82) is 0 Å². The molecular weight excluding hydrogens is 1230 g/mol. The van der Waals surface area contributed by atoms with Crippen LogP contribution < -0.4 is 0 Å². The van der Waals surface area contributed by atoms with Gasteiger partial charge >= 0.3 is 32.5 Å². The molecule has 0 atom stereocenters. The van der Waals surface area contributed by atoms with Crippen molar-refractivity contribution in [2.75, 3.05) is 0 Å². The quantitative estimate of drug-likeness (QED) is 0.159. The van der Waals surface area contributed by atoms with Crippen LogP contribution in [-0.4, -0.2) is 19.3 Å². The fraction of sp³-hybridized carbons (Fsp3) is 0.429. The van der Waals surface area contributed by atoms with Crippen molar-refractivity contribution in [1.82, 2.24) is 9.13 Å². The third-order valence-corrected chi connectivity index (χ3v) is 18.3. The molecule has 0 amide bonds. The van der Waals surface area contributed by atoms with Crippen LogP contribution in [0.15, 0.2) is 133 Å². The molecule has 0 aliphatic rings. The first-order valence-corrected chi connectivity index (χ1v) is 38.5. The standard InChI is InChI=1S/2C41H50ClNO.2CH3.Zr/c2*1-25-17-26(19-30(42)18-25)31-22-29(41(11,12)24-38(2,3)4)23-36(37(31)44)43-34-15-13-27(39(5,6)7)20-32(34)33-21-28(40(8,9)10)14-16-35(33)43;;;/h2*13-23,44H,24H2,1-12H3;2*1H3;. The van der Waals surface area contributed by atoms with E-state index in [0.29, 0.717) is 10.0 Å². The van der Waals surface area contributed by atoms with E-state index in [1.165, 1.54) is 54.9 Å². The normalized spacial score (nSPS) is 13.0. The Morgan fingerprint density at radius 1 is 0.341 bits per heavy atom. The Hall–Kier alpha value is -5.58. The number of hydrogen-bond donors (Lipinski definition) is 2. The average molecular weight is 1340 g/mol. The van der Waals surface area contributed by atoms with E-state index < -0.39 is 0 Å². The molecule has 2 aromatic heterocycles. The second-order valence-electron chi connectivity index (χ2n) is 34.2. The number of halogens is 2. The fourth-order valence-electron chi connectivity index (χ4n) is 13.9. The third-order valence-electron chi connectivity index (χ3n) is 17.9. The van der Waals surface area contributed by atoms with Crippen LogP contribution in [0.3, 0.4) is 0 Å². The number of aromatic nitrogens is 2. The molecular formula is C84H106Cl2N2O2Zr. The predicted octanol–water partition coefficient (Wildman–Crippen LogP) is 26.0. The molecule has 2 heterocycles. The first kappa shape index (κ1) is 71.3. The van der Waals surface area contributed by atoms with Crippen molar-refractivity contribution in [2.24, 2.45) is 10.8 Å². The Kier molecular flexibility index (Phi) is 20.1. The summed E-state index contributed by atoms with van der Waals surface area (Å²) in [5.41, 5.74) is 19.2. The number of aryl methyl sites for hydroxylation is 2. The molecule has 0 aliphatic carbocycles. The maximum atomic E-state index is 12.2. The molecule has 0 saturated heterocycles. The van der Waals surface area contributed by atoms with Gasteiger partial charge in [0.2, 0.25) is 0 Å². The van der Waals surface area contributed by atoms with Crippen molar-refractivity contribution in [3.63, 3.8) is 0 Å². The molecule has 2 N–H and O–H groups in total. The Labute approximate surface area is 569 Å². The Morgan fingerprint density at radius 3 is 0.813 bits per heavy atom. The van der Waals surface area contributed by atoms with Crippen LogP contribution in [0.25, 0.3) is 77.2 Å². The molecule has 0 radical (unpaired) electrons. The number of phenols is 2. The summed E-state index contributed by atoms with van der Waals surface area (Å²) in [5.74, 6) is 0.529. The van der Waals surface area contributed by atoms with E-state index in [9.17, 15) is 10.2 Å². The van der Waals surface area contributed by atoms with E-state index in [4.69, 9.17) is 23.2 Å². The first-order valence-electron chi connectivity index (χ1n) is 32.8. The molecule has 8 aromatic carbocycles. The number of aromatic hydroxyl groups is 2. The Bertz CT molecular complexity index is 3890. The second-order valence-corrected chi connectivity index (χ2v) is 37.5. The van der Waals surface area contributed by atoms with Crippen LogP contribution in [0.5, 0.6) is 11.5 Å². The van der Waals surface area contributed by atoms with Crippen LogP contribution in [0.4, 0.5) is 0 Å². The summed E-state index contributed by atoms with van der Waals surface area (Å²) in [7, 11) is 0. The summed E-state index contributed by atoms with van der Waals surface area (Å²) >= 11 is 13.4. The number of hydrogen-bond acceptors (Lipinski definition) is 2.